The van der Waals surface area contributed by atoms with E-state index in [1.54, 1.807) is 35.3 Å². The summed E-state index contributed by atoms with van der Waals surface area (Å²) in [6, 6.07) is 19.6. The van der Waals surface area contributed by atoms with Gasteiger partial charge in [-0.05, 0) is 53.8 Å². The molecule has 0 radical (unpaired) electrons. The molecular weight excluding hydrogens is 655 g/mol. The molecule has 0 aliphatic carbocycles. The third-order valence-electron chi connectivity index (χ3n) is 8.42. The van der Waals surface area contributed by atoms with Crippen molar-refractivity contribution >= 4 is 78.6 Å². The second kappa shape index (κ2) is 12.9. The van der Waals surface area contributed by atoms with Crippen LogP contribution in [0.25, 0.3) is 21.0 Å². The van der Waals surface area contributed by atoms with E-state index in [9.17, 15) is 19.5 Å². The molecule has 3 aliphatic rings. The number of ether oxygens (including phenoxy) is 2. The third kappa shape index (κ3) is 5.88. The Labute approximate surface area is 283 Å². The highest BCUT2D eigenvalue weighted by Crippen LogP contribution is 2.50. The van der Waals surface area contributed by atoms with Gasteiger partial charge in [0.2, 0.25) is 0 Å². The highest BCUT2D eigenvalue weighted by atomic mass is 32.2. The first-order chi connectivity index (χ1) is 22.8. The van der Waals surface area contributed by atoms with Gasteiger partial charge < -0.3 is 14.6 Å². The Hall–Kier alpha value is -3.97. The maximum Gasteiger partial charge on any atom is 0.352 e. The van der Waals surface area contributed by atoms with Crippen molar-refractivity contribution in [2.24, 2.45) is 4.99 Å². The van der Waals surface area contributed by atoms with Gasteiger partial charge in [-0.15, -0.1) is 34.9 Å². The lowest BCUT2D eigenvalue weighted by Crippen LogP contribution is -2.74. The summed E-state index contributed by atoms with van der Waals surface area (Å²) in [4.78, 5) is 49.6. The molecule has 1 fully saturated rings. The standard InChI is InChI=1S/C35H31N3O6S3/c1-20-18-45-30(36-20)31-37-27-13-10-22-16-25(11-12-26(22)29(27)47-31)44-14-6-9-23-19-46-34-35(43-2,33(42)38(34)28(23)32(40)41)17-24(39)15-21-7-4-3-5-8-21/h3-13,16,20,34H,14-15,17-19H2,1-2H3,(H,40,41)/b9-6+/t20?,34?,35-/m0/s1. The number of ketones is 1. The molecule has 1 saturated heterocycles. The van der Waals surface area contributed by atoms with Gasteiger partial charge in [0, 0.05) is 36.8 Å². The Morgan fingerprint density at radius 2 is 1.98 bits per heavy atom. The van der Waals surface area contributed by atoms with Gasteiger partial charge >= 0.3 is 5.97 Å². The van der Waals surface area contributed by atoms with Crippen molar-refractivity contribution in [1.82, 2.24) is 9.88 Å². The Morgan fingerprint density at radius 1 is 1.15 bits per heavy atom. The molecule has 4 heterocycles. The number of aliphatic carboxylic acids is 1. The highest BCUT2D eigenvalue weighted by Gasteiger charge is 2.65. The quantitative estimate of drug-likeness (QED) is 0.187. The first-order valence-electron chi connectivity index (χ1n) is 15.1. The van der Waals surface area contributed by atoms with Crippen LogP contribution >= 0.6 is 34.9 Å². The van der Waals surface area contributed by atoms with E-state index in [2.05, 4.69) is 6.92 Å². The van der Waals surface area contributed by atoms with Crippen LogP contribution in [0.2, 0.25) is 0 Å². The second-order valence-corrected chi connectivity index (χ2v) is 14.7. The Kier molecular flexibility index (Phi) is 8.69. The number of carbonyl (C=O) groups is 3. The zero-order valence-electron chi connectivity index (χ0n) is 25.7. The van der Waals surface area contributed by atoms with Crippen LogP contribution in [-0.4, -0.2) is 79.9 Å². The average molecular weight is 686 g/mol. The van der Waals surface area contributed by atoms with Crippen LogP contribution in [-0.2, 0) is 25.5 Å². The Bertz CT molecular complexity index is 2010. The molecule has 3 atom stereocenters. The van der Waals surface area contributed by atoms with Gasteiger partial charge in [-0.3, -0.25) is 19.5 Å². The molecule has 3 aliphatic heterocycles. The number of β-lactam (4-membered cyclic amide) rings is 1. The normalized spacial score (nSPS) is 22.6. The van der Waals surface area contributed by atoms with Crippen LogP contribution < -0.4 is 4.74 Å². The van der Waals surface area contributed by atoms with E-state index < -0.39 is 22.9 Å². The fourth-order valence-corrected chi connectivity index (χ4v) is 9.81. The number of allylic oxidation sites excluding steroid dienone is 1. The van der Waals surface area contributed by atoms with E-state index in [4.69, 9.17) is 19.5 Å². The van der Waals surface area contributed by atoms with Crippen molar-refractivity contribution in [3.8, 4) is 5.75 Å². The number of methoxy groups -OCH3 is 1. The van der Waals surface area contributed by atoms with E-state index >= 15 is 0 Å². The number of thiazole rings is 1. The molecule has 0 saturated carbocycles. The predicted octanol–water partition coefficient (Wildman–Crippen LogP) is 6.11. The van der Waals surface area contributed by atoms with Crippen molar-refractivity contribution < 1.29 is 29.0 Å². The predicted molar refractivity (Wildman–Crippen MR) is 187 cm³/mol. The van der Waals surface area contributed by atoms with E-state index in [1.807, 2.05) is 60.7 Å². The van der Waals surface area contributed by atoms with E-state index in [0.29, 0.717) is 23.1 Å². The number of benzene rings is 3. The smallest absolute Gasteiger partial charge is 0.352 e. The van der Waals surface area contributed by atoms with Crippen LogP contribution in [0.15, 0.2) is 89.1 Å². The first-order valence-corrected chi connectivity index (χ1v) is 18.0. The molecule has 7 rings (SSSR count). The summed E-state index contributed by atoms with van der Waals surface area (Å²) in [7, 11) is 1.40. The topological polar surface area (TPSA) is 118 Å². The summed E-state index contributed by atoms with van der Waals surface area (Å²) >= 11 is 4.81. The fraction of sp³-hybridized carbons (Fsp3) is 0.286. The zero-order valence-corrected chi connectivity index (χ0v) is 28.1. The molecule has 240 valence electrons. The molecule has 0 bridgehead atoms. The van der Waals surface area contributed by atoms with Gasteiger partial charge in [-0.25, -0.2) is 9.78 Å². The lowest BCUT2D eigenvalue weighted by molar-refractivity contribution is -0.186. The van der Waals surface area contributed by atoms with Crippen LogP contribution in [0, 0.1) is 0 Å². The van der Waals surface area contributed by atoms with Crippen LogP contribution in [0.5, 0.6) is 5.75 Å². The van der Waals surface area contributed by atoms with Crippen molar-refractivity contribution in [3.63, 3.8) is 0 Å². The first kappa shape index (κ1) is 31.6. The minimum Gasteiger partial charge on any atom is -0.490 e. The molecule has 47 heavy (non-hydrogen) atoms. The molecule has 12 heteroatoms. The van der Waals surface area contributed by atoms with Gasteiger partial charge in [0.25, 0.3) is 5.91 Å². The number of aromatic nitrogens is 1. The van der Waals surface area contributed by atoms with Crippen molar-refractivity contribution in [1.29, 1.82) is 0 Å². The minimum absolute atomic E-state index is 0.0896. The summed E-state index contributed by atoms with van der Waals surface area (Å²) in [6.45, 7) is 2.32. The van der Waals surface area contributed by atoms with E-state index in [0.717, 1.165) is 42.4 Å². The average Bonchev–Trinajstić information content (AvgIpc) is 3.71. The third-order valence-corrected chi connectivity index (χ3v) is 12.3. The number of Topliss-reactive ketones (excluding diaryl/α,β-unsaturated/α-hetero) is 1. The van der Waals surface area contributed by atoms with E-state index in [1.165, 1.54) is 23.8 Å². The van der Waals surface area contributed by atoms with Crippen LogP contribution in [0.4, 0.5) is 0 Å². The number of carboxylic acids is 1. The minimum atomic E-state index is -1.39. The molecule has 4 aromatic rings. The SMILES string of the molecule is CO[C@@]1(CC(=O)Cc2ccccc2)C(=O)N2C(C(=O)O)=C(/C=C/COc3ccc4c(ccc5nc(C6=NC(C)CS6)sc54)c3)CSC21. The largest absolute Gasteiger partial charge is 0.490 e. The Morgan fingerprint density at radius 3 is 2.72 bits per heavy atom. The van der Waals surface area contributed by atoms with Gasteiger partial charge in [0.1, 0.15) is 39.3 Å². The number of hydrogen-bond donors (Lipinski definition) is 1. The molecular formula is C35H31N3O6S3. The zero-order chi connectivity index (χ0) is 32.7. The van der Waals surface area contributed by atoms with Gasteiger partial charge in [0.15, 0.2) is 5.60 Å². The highest BCUT2D eigenvalue weighted by molar-refractivity contribution is 8.15. The number of fused-ring (bicyclic) bond motifs is 4. The van der Waals surface area contributed by atoms with E-state index in [-0.39, 0.29) is 30.9 Å². The summed E-state index contributed by atoms with van der Waals surface area (Å²) < 4.78 is 12.8. The van der Waals surface area contributed by atoms with Crippen molar-refractivity contribution in [2.45, 2.75) is 36.8 Å². The van der Waals surface area contributed by atoms with Crippen molar-refractivity contribution in [3.05, 3.63) is 94.7 Å². The monoisotopic (exact) mass is 685 g/mol. The van der Waals surface area contributed by atoms with Crippen LogP contribution in [0.3, 0.4) is 0 Å². The second-order valence-electron chi connectivity index (χ2n) is 11.6. The molecule has 0 spiro atoms. The summed E-state index contributed by atoms with van der Waals surface area (Å²) in [5, 5.41) is 13.6. The molecule has 1 amide bonds. The number of rotatable bonds is 11. The molecule has 2 unspecified atom stereocenters. The molecule has 1 N–H and O–H groups in total. The van der Waals surface area contributed by atoms with Crippen molar-refractivity contribution in [2.75, 3.05) is 25.2 Å². The Balaban J connectivity index is 1.03. The summed E-state index contributed by atoms with van der Waals surface area (Å²) in [6.07, 6.45) is 3.50. The van der Waals surface area contributed by atoms with Gasteiger partial charge in [0.05, 0.1) is 16.3 Å². The molecule has 9 nitrogen and oxygen atoms in total. The number of thioether (sulfide) groups is 2. The van der Waals surface area contributed by atoms with Gasteiger partial charge in [-0.1, -0.05) is 42.5 Å². The number of aliphatic imine (C=N–C) groups is 1. The number of amides is 1. The maximum absolute atomic E-state index is 13.5. The number of carbonyl (C=O) groups excluding carboxylic acids is 2. The lowest BCUT2D eigenvalue weighted by Gasteiger charge is -2.56. The summed E-state index contributed by atoms with van der Waals surface area (Å²) in [5.74, 6) is 0.156. The maximum atomic E-state index is 13.5. The molecule has 1 aromatic heterocycles. The number of hydrogen-bond acceptors (Lipinski definition) is 10. The summed E-state index contributed by atoms with van der Waals surface area (Å²) in [5.41, 5.74) is 0.822. The number of carboxylic acid groups (broad SMARTS) is 1. The lowest BCUT2D eigenvalue weighted by atomic mass is 9.84. The van der Waals surface area contributed by atoms with Crippen LogP contribution in [0.1, 0.15) is 23.9 Å². The van der Waals surface area contributed by atoms with Gasteiger partial charge in [-0.2, -0.15) is 0 Å². The molecule has 3 aromatic carbocycles. The fourth-order valence-electron chi connectivity index (χ4n) is 6.15. The number of nitrogens with zero attached hydrogens (tertiary/aromatic N) is 3.